The van der Waals surface area contributed by atoms with E-state index < -0.39 is 0 Å². The van der Waals surface area contributed by atoms with Crippen LogP contribution >= 0.6 is 0 Å². The molecule has 0 unspecified atom stereocenters. The average Bonchev–Trinajstić information content (AvgIpc) is 3.56. The summed E-state index contributed by atoms with van der Waals surface area (Å²) in [6.07, 6.45) is 5.47. The Balaban J connectivity index is 1.42. The number of carbonyl (C=O) groups excluding carboxylic acids is 1. The second kappa shape index (κ2) is 8.96. The molecule has 0 aliphatic carbocycles. The standard InChI is InChI=1S/C27H23N5O/c1-30(19-21-13-15-24(16-14-21)31-18-8-17-28-31)27(33)25-20-32(23-11-6-3-7-12-23)29-26(25)22-9-4-2-5-10-22/h2-18,20H,19H2,1H3. The van der Waals surface area contributed by atoms with E-state index in [2.05, 4.69) is 5.10 Å². The molecule has 1 amide bonds. The highest BCUT2D eigenvalue weighted by atomic mass is 16.2. The van der Waals surface area contributed by atoms with Crippen molar-refractivity contribution in [3.8, 4) is 22.6 Å². The number of benzene rings is 3. The number of aromatic nitrogens is 4. The lowest BCUT2D eigenvalue weighted by molar-refractivity contribution is 0.0786. The molecule has 162 valence electrons. The lowest BCUT2D eigenvalue weighted by Gasteiger charge is -2.17. The Morgan fingerprint density at radius 1 is 0.818 bits per heavy atom. The minimum absolute atomic E-state index is 0.0767. The van der Waals surface area contributed by atoms with Crippen LogP contribution in [0.2, 0.25) is 0 Å². The highest BCUT2D eigenvalue weighted by Crippen LogP contribution is 2.25. The van der Waals surface area contributed by atoms with Crippen LogP contribution in [0.4, 0.5) is 0 Å². The van der Waals surface area contributed by atoms with Crippen LogP contribution in [0.5, 0.6) is 0 Å². The monoisotopic (exact) mass is 433 g/mol. The number of rotatable bonds is 6. The fourth-order valence-corrected chi connectivity index (χ4v) is 3.78. The van der Waals surface area contributed by atoms with Crippen molar-refractivity contribution in [1.29, 1.82) is 0 Å². The molecule has 5 aromatic rings. The highest BCUT2D eigenvalue weighted by Gasteiger charge is 2.21. The highest BCUT2D eigenvalue weighted by molar-refractivity contribution is 5.99. The first-order chi connectivity index (χ1) is 16.2. The van der Waals surface area contributed by atoms with Crippen LogP contribution in [0.25, 0.3) is 22.6 Å². The summed E-state index contributed by atoms with van der Waals surface area (Å²) < 4.78 is 3.57. The molecule has 0 bridgehead atoms. The van der Waals surface area contributed by atoms with Gasteiger partial charge in [-0.3, -0.25) is 4.79 Å². The number of nitrogens with zero attached hydrogens (tertiary/aromatic N) is 5. The first kappa shape index (κ1) is 20.5. The molecule has 0 aliphatic rings. The number of amides is 1. The lowest BCUT2D eigenvalue weighted by Crippen LogP contribution is -2.26. The second-order valence-corrected chi connectivity index (χ2v) is 7.82. The van der Waals surface area contributed by atoms with E-state index in [1.165, 1.54) is 0 Å². The summed E-state index contributed by atoms with van der Waals surface area (Å²) in [4.78, 5) is 15.2. The molecule has 6 nitrogen and oxygen atoms in total. The quantitative estimate of drug-likeness (QED) is 0.379. The Kier molecular flexibility index (Phi) is 5.55. The molecule has 0 fully saturated rings. The number of para-hydroxylation sites is 1. The van der Waals surface area contributed by atoms with Crippen LogP contribution in [0.15, 0.2) is 110 Å². The zero-order valence-electron chi connectivity index (χ0n) is 18.2. The van der Waals surface area contributed by atoms with Gasteiger partial charge < -0.3 is 4.90 Å². The minimum atomic E-state index is -0.0767. The fourth-order valence-electron chi connectivity index (χ4n) is 3.78. The van der Waals surface area contributed by atoms with Crippen molar-refractivity contribution in [1.82, 2.24) is 24.5 Å². The Morgan fingerprint density at radius 2 is 1.48 bits per heavy atom. The molecular formula is C27H23N5O. The van der Waals surface area contributed by atoms with Crippen molar-refractivity contribution in [2.45, 2.75) is 6.54 Å². The van der Waals surface area contributed by atoms with Crippen LogP contribution in [0.3, 0.4) is 0 Å². The molecule has 0 saturated carbocycles. The van der Waals surface area contributed by atoms with Crippen LogP contribution in [-0.4, -0.2) is 37.4 Å². The zero-order valence-corrected chi connectivity index (χ0v) is 18.2. The fraction of sp³-hybridized carbons (Fsp3) is 0.0741. The summed E-state index contributed by atoms with van der Waals surface area (Å²) >= 11 is 0. The number of carbonyl (C=O) groups is 1. The summed E-state index contributed by atoms with van der Waals surface area (Å²) in [7, 11) is 1.82. The van der Waals surface area contributed by atoms with Gasteiger partial charge in [-0.05, 0) is 35.9 Å². The van der Waals surface area contributed by atoms with Crippen LogP contribution in [0.1, 0.15) is 15.9 Å². The first-order valence-corrected chi connectivity index (χ1v) is 10.7. The van der Waals surface area contributed by atoms with Crippen LogP contribution in [-0.2, 0) is 6.54 Å². The van der Waals surface area contributed by atoms with E-state index in [4.69, 9.17) is 5.10 Å². The summed E-state index contributed by atoms with van der Waals surface area (Å²) in [5, 5.41) is 9.01. The molecule has 2 heterocycles. The van der Waals surface area contributed by atoms with Gasteiger partial charge in [0.05, 0.1) is 16.9 Å². The predicted octanol–water partition coefficient (Wildman–Crippen LogP) is 5.00. The van der Waals surface area contributed by atoms with Gasteiger partial charge in [-0.2, -0.15) is 10.2 Å². The summed E-state index contributed by atoms with van der Waals surface area (Å²) in [5.41, 5.74) is 5.08. The second-order valence-electron chi connectivity index (χ2n) is 7.82. The number of hydrogen-bond donors (Lipinski definition) is 0. The van der Waals surface area contributed by atoms with Gasteiger partial charge in [0.1, 0.15) is 5.69 Å². The van der Waals surface area contributed by atoms with Gasteiger partial charge in [0.15, 0.2) is 0 Å². The molecule has 0 radical (unpaired) electrons. The SMILES string of the molecule is CN(Cc1ccc(-n2cccn2)cc1)C(=O)c1cn(-c2ccccc2)nc1-c1ccccc1. The third kappa shape index (κ3) is 4.32. The Labute approximate surface area is 192 Å². The molecule has 2 aromatic heterocycles. The van der Waals surface area contributed by atoms with Gasteiger partial charge in [-0.15, -0.1) is 0 Å². The van der Waals surface area contributed by atoms with Gasteiger partial charge in [0.25, 0.3) is 5.91 Å². The van der Waals surface area contributed by atoms with Crippen molar-refractivity contribution < 1.29 is 4.79 Å². The van der Waals surface area contributed by atoms with E-state index in [1.807, 2.05) is 115 Å². The Bertz CT molecular complexity index is 1340. The topological polar surface area (TPSA) is 56.0 Å². The maximum absolute atomic E-state index is 13.5. The van der Waals surface area contributed by atoms with Crippen molar-refractivity contribution in [3.63, 3.8) is 0 Å². The predicted molar refractivity (Wildman–Crippen MR) is 128 cm³/mol. The third-order valence-electron chi connectivity index (χ3n) is 5.48. The minimum Gasteiger partial charge on any atom is -0.337 e. The molecule has 0 N–H and O–H groups in total. The van der Waals surface area contributed by atoms with Crippen molar-refractivity contribution in [2.24, 2.45) is 0 Å². The van der Waals surface area contributed by atoms with E-state index in [9.17, 15) is 4.79 Å². The summed E-state index contributed by atoms with van der Waals surface area (Å²) in [5.74, 6) is -0.0767. The molecule has 0 spiro atoms. The molecular weight excluding hydrogens is 410 g/mol. The smallest absolute Gasteiger partial charge is 0.257 e. The molecule has 6 heteroatoms. The number of hydrogen-bond acceptors (Lipinski definition) is 3. The third-order valence-corrected chi connectivity index (χ3v) is 5.48. The molecule has 5 rings (SSSR count). The van der Waals surface area contributed by atoms with Gasteiger partial charge in [0, 0.05) is 37.7 Å². The molecule has 0 aliphatic heterocycles. The lowest BCUT2D eigenvalue weighted by atomic mass is 10.1. The zero-order chi connectivity index (χ0) is 22.6. The average molecular weight is 434 g/mol. The van der Waals surface area contributed by atoms with E-state index in [0.29, 0.717) is 17.8 Å². The van der Waals surface area contributed by atoms with Gasteiger partial charge in [-0.25, -0.2) is 9.36 Å². The molecule has 3 aromatic carbocycles. The van der Waals surface area contributed by atoms with Crippen LogP contribution in [0, 0.1) is 0 Å². The van der Waals surface area contributed by atoms with E-state index in [-0.39, 0.29) is 5.91 Å². The van der Waals surface area contributed by atoms with Gasteiger partial charge in [0.2, 0.25) is 0 Å². The Morgan fingerprint density at radius 3 is 2.15 bits per heavy atom. The molecule has 33 heavy (non-hydrogen) atoms. The normalized spacial score (nSPS) is 10.8. The van der Waals surface area contributed by atoms with Gasteiger partial charge in [-0.1, -0.05) is 60.7 Å². The largest absolute Gasteiger partial charge is 0.337 e. The van der Waals surface area contributed by atoms with E-state index in [1.54, 1.807) is 15.8 Å². The maximum atomic E-state index is 13.5. The van der Waals surface area contributed by atoms with Crippen LogP contribution < -0.4 is 0 Å². The first-order valence-electron chi connectivity index (χ1n) is 10.7. The Hall–Kier alpha value is -4.45. The summed E-state index contributed by atoms with van der Waals surface area (Å²) in [6.45, 7) is 0.489. The van der Waals surface area contributed by atoms with Gasteiger partial charge >= 0.3 is 0 Å². The van der Waals surface area contributed by atoms with Crippen molar-refractivity contribution in [3.05, 3.63) is 121 Å². The summed E-state index contributed by atoms with van der Waals surface area (Å²) in [6, 6.07) is 29.6. The maximum Gasteiger partial charge on any atom is 0.257 e. The molecule has 0 saturated heterocycles. The van der Waals surface area contributed by atoms with E-state index >= 15 is 0 Å². The van der Waals surface area contributed by atoms with E-state index in [0.717, 1.165) is 22.5 Å². The molecule has 0 atom stereocenters. The van der Waals surface area contributed by atoms with Crippen molar-refractivity contribution >= 4 is 5.91 Å². The van der Waals surface area contributed by atoms with Crippen molar-refractivity contribution in [2.75, 3.05) is 7.05 Å².